The third-order valence-corrected chi connectivity index (χ3v) is 3.35. The predicted molar refractivity (Wildman–Crippen MR) is 72.3 cm³/mol. The largest absolute Gasteiger partial charge is 0.466 e. The van der Waals surface area contributed by atoms with Crippen molar-refractivity contribution in [2.75, 3.05) is 11.9 Å². The minimum Gasteiger partial charge on any atom is -0.466 e. The van der Waals surface area contributed by atoms with Crippen molar-refractivity contribution in [3.05, 3.63) is 46.0 Å². The predicted octanol–water partition coefficient (Wildman–Crippen LogP) is 3.71. The first-order valence-corrected chi connectivity index (χ1v) is 6.36. The summed E-state index contributed by atoms with van der Waals surface area (Å²) in [6.45, 7) is 4.82. The van der Waals surface area contributed by atoms with Gasteiger partial charge in [-0.25, -0.2) is 4.98 Å². The molecule has 2 aromatic heterocycles. The minimum absolute atomic E-state index is 0.820. The first-order valence-electron chi connectivity index (χ1n) is 5.56. The fourth-order valence-electron chi connectivity index (χ4n) is 1.57. The maximum absolute atomic E-state index is 5.50. The number of hydrogen-bond acceptors (Lipinski definition) is 3. The van der Waals surface area contributed by atoms with Gasteiger partial charge in [-0.2, -0.15) is 0 Å². The molecule has 1 N–H and O–H groups in total. The quantitative estimate of drug-likeness (QED) is 0.934. The van der Waals surface area contributed by atoms with Crippen molar-refractivity contribution in [1.82, 2.24) is 4.98 Å². The number of halogens is 1. The SMILES string of the molecule is Cc1ccc(CCNc2cc(C)c(Br)cn2)o1. The van der Waals surface area contributed by atoms with Gasteiger partial charge in [-0.05, 0) is 53.5 Å². The highest BCUT2D eigenvalue weighted by Gasteiger charge is 2.00. The Morgan fingerprint density at radius 3 is 2.82 bits per heavy atom. The molecule has 90 valence electrons. The monoisotopic (exact) mass is 294 g/mol. The first kappa shape index (κ1) is 12.2. The van der Waals surface area contributed by atoms with E-state index < -0.39 is 0 Å². The molecule has 0 unspecified atom stereocenters. The zero-order valence-corrected chi connectivity index (χ0v) is 11.5. The molecule has 0 fully saturated rings. The van der Waals surface area contributed by atoms with Crippen LogP contribution in [0.2, 0.25) is 0 Å². The van der Waals surface area contributed by atoms with Gasteiger partial charge < -0.3 is 9.73 Å². The summed E-state index contributed by atoms with van der Waals surface area (Å²) in [7, 11) is 0. The molecule has 0 atom stereocenters. The van der Waals surface area contributed by atoms with Crippen LogP contribution in [-0.2, 0) is 6.42 Å². The van der Waals surface area contributed by atoms with Crippen molar-refractivity contribution in [1.29, 1.82) is 0 Å². The molecule has 0 saturated heterocycles. The van der Waals surface area contributed by atoms with Gasteiger partial charge >= 0.3 is 0 Å². The number of nitrogens with zero attached hydrogens (tertiary/aromatic N) is 1. The van der Waals surface area contributed by atoms with Crippen LogP contribution in [0, 0.1) is 13.8 Å². The Labute approximate surface area is 109 Å². The number of furan rings is 1. The number of pyridine rings is 1. The highest BCUT2D eigenvalue weighted by atomic mass is 79.9. The summed E-state index contributed by atoms with van der Waals surface area (Å²) in [5.74, 6) is 2.86. The van der Waals surface area contributed by atoms with Gasteiger partial charge in [0.1, 0.15) is 17.3 Å². The molecular formula is C13H15BrN2O. The van der Waals surface area contributed by atoms with E-state index in [1.807, 2.05) is 38.2 Å². The Kier molecular flexibility index (Phi) is 3.84. The summed E-state index contributed by atoms with van der Waals surface area (Å²) in [5, 5.41) is 3.28. The highest BCUT2D eigenvalue weighted by Crippen LogP contribution is 2.17. The number of rotatable bonds is 4. The third kappa shape index (κ3) is 3.33. The number of anilines is 1. The number of aryl methyl sites for hydroxylation is 2. The average molecular weight is 295 g/mol. The van der Waals surface area contributed by atoms with E-state index in [9.17, 15) is 0 Å². The summed E-state index contributed by atoms with van der Waals surface area (Å²) in [6, 6.07) is 6.02. The van der Waals surface area contributed by atoms with E-state index in [0.717, 1.165) is 34.8 Å². The summed E-state index contributed by atoms with van der Waals surface area (Å²) >= 11 is 3.43. The molecule has 0 spiro atoms. The smallest absolute Gasteiger partial charge is 0.126 e. The molecule has 3 nitrogen and oxygen atoms in total. The number of aromatic nitrogens is 1. The summed E-state index contributed by atoms with van der Waals surface area (Å²) in [5.41, 5.74) is 1.18. The summed E-state index contributed by atoms with van der Waals surface area (Å²) < 4.78 is 6.53. The molecule has 0 aliphatic heterocycles. The topological polar surface area (TPSA) is 38.1 Å². The second-order valence-electron chi connectivity index (χ2n) is 4.01. The fourth-order valence-corrected chi connectivity index (χ4v) is 1.79. The Balaban J connectivity index is 1.87. The van der Waals surface area contributed by atoms with Crippen LogP contribution < -0.4 is 5.32 Å². The molecule has 0 amide bonds. The van der Waals surface area contributed by atoms with Crippen molar-refractivity contribution in [3.8, 4) is 0 Å². The number of hydrogen-bond donors (Lipinski definition) is 1. The van der Waals surface area contributed by atoms with Gasteiger partial charge in [0, 0.05) is 23.6 Å². The van der Waals surface area contributed by atoms with E-state index >= 15 is 0 Å². The second-order valence-corrected chi connectivity index (χ2v) is 4.86. The third-order valence-electron chi connectivity index (χ3n) is 2.52. The summed E-state index contributed by atoms with van der Waals surface area (Å²) in [4.78, 5) is 4.29. The van der Waals surface area contributed by atoms with Crippen molar-refractivity contribution in [3.63, 3.8) is 0 Å². The van der Waals surface area contributed by atoms with E-state index in [1.165, 1.54) is 5.56 Å². The lowest BCUT2D eigenvalue weighted by molar-refractivity contribution is 0.486. The van der Waals surface area contributed by atoms with Gasteiger partial charge in [0.25, 0.3) is 0 Å². The lowest BCUT2D eigenvalue weighted by Gasteiger charge is -2.06. The molecule has 0 aliphatic rings. The van der Waals surface area contributed by atoms with Gasteiger partial charge in [0.2, 0.25) is 0 Å². The van der Waals surface area contributed by atoms with Crippen molar-refractivity contribution in [2.45, 2.75) is 20.3 Å². The molecule has 0 aliphatic carbocycles. The van der Waals surface area contributed by atoms with E-state index in [-0.39, 0.29) is 0 Å². The van der Waals surface area contributed by atoms with E-state index in [2.05, 4.69) is 26.2 Å². The molecule has 2 heterocycles. The second kappa shape index (κ2) is 5.36. The van der Waals surface area contributed by atoms with Gasteiger partial charge in [0.15, 0.2) is 0 Å². The highest BCUT2D eigenvalue weighted by molar-refractivity contribution is 9.10. The number of nitrogens with one attached hydrogen (secondary N) is 1. The zero-order chi connectivity index (χ0) is 12.3. The van der Waals surface area contributed by atoms with Crippen LogP contribution in [0.3, 0.4) is 0 Å². The van der Waals surface area contributed by atoms with E-state index in [0.29, 0.717) is 0 Å². The Bertz CT molecular complexity index is 508. The standard InChI is InChI=1S/C13H15BrN2O/c1-9-7-13(16-8-12(9)14)15-6-5-11-4-3-10(2)17-11/h3-4,7-8H,5-6H2,1-2H3,(H,15,16). The maximum Gasteiger partial charge on any atom is 0.126 e. The van der Waals surface area contributed by atoms with Gasteiger partial charge in [-0.3, -0.25) is 0 Å². The van der Waals surface area contributed by atoms with Crippen molar-refractivity contribution < 1.29 is 4.42 Å². The molecule has 0 aromatic carbocycles. The lowest BCUT2D eigenvalue weighted by atomic mass is 10.3. The van der Waals surface area contributed by atoms with Gasteiger partial charge in [-0.15, -0.1) is 0 Å². The van der Waals surface area contributed by atoms with Crippen LogP contribution in [0.15, 0.2) is 33.3 Å². The fraction of sp³-hybridized carbons (Fsp3) is 0.308. The van der Waals surface area contributed by atoms with E-state index in [4.69, 9.17) is 4.42 Å². The lowest BCUT2D eigenvalue weighted by Crippen LogP contribution is -2.05. The molecular weight excluding hydrogens is 280 g/mol. The zero-order valence-electron chi connectivity index (χ0n) is 9.96. The molecule has 0 radical (unpaired) electrons. The minimum atomic E-state index is 0.820. The summed E-state index contributed by atoms with van der Waals surface area (Å²) in [6.07, 6.45) is 2.68. The van der Waals surface area contributed by atoms with Crippen LogP contribution >= 0.6 is 15.9 Å². The van der Waals surface area contributed by atoms with Gasteiger partial charge in [0.05, 0.1) is 0 Å². The molecule has 17 heavy (non-hydrogen) atoms. The molecule has 0 bridgehead atoms. The Hall–Kier alpha value is -1.29. The molecule has 2 rings (SSSR count). The van der Waals surface area contributed by atoms with Crippen LogP contribution in [0.4, 0.5) is 5.82 Å². The van der Waals surface area contributed by atoms with Crippen LogP contribution in [-0.4, -0.2) is 11.5 Å². The van der Waals surface area contributed by atoms with Crippen molar-refractivity contribution in [2.24, 2.45) is 0 Å². The molecule has 2 aromatic rings. The van der Waals surface area contributed by atoms with E-state index in [1.54, 1.807) is 0 Å². The van der Waals surface area contributed by atoms with Gasteiger partial charge in [-0.1, -0.05) is 0 Å². The van der Waals surface area contributed by atoms with Crippen LogP contribution in [0.25, 0.3) is 0 Å². The molecule has 0 saturated carbocycles. The first-order chi connectivity index (χ1) is 8.15. The van der Waals surface area contributed by atoms with Crippen LogP contribution in [0.1, 0.15) is 17.1 Å². The maximum atomic E-state index is 5.50. The molecule has 4 heteroatoms. The average Bonchev–Trinajstić information content (AvgIpc) is 2.70. The Morgan fingerprint density at radius 2 is 2.18 bits per heavy atom. The van der Waals surface area contributed by atoms with Crippen molar-refractivity contribution >= 4 is 21.7 Å². The van der Waals surface area contributed by atoms with Crippen LogP contribution in [0.5, 0.6) is 0 Å². The normalized spacial score (nSPS) is 10.5. The Morgan fingerprint density at radius 1 is 1.35 bits per heavy atom.